The van der Waals surface area contributed by atoms with E-state index >= 15 is 0 Å². The number of pyridine rings is 1. The topological polar surface area (TPSA) is 59.2 Å². The Morgan fingerprint density at radius 1 is 1.52 bits per heavy atom. The van der Waals surface area contributed by atoms with E-state index in [1.807, 2.05) is 0 Å². The van der Waals surface area contributed by atoms with E-state index in [1.54, 1.807) is 4.90 Å². The van der Waals surface area contributed by atoms with Gasteiger partial charge >= 0.3 is 6.18 Å². The molecular formula is C13H15ClF3N3O. The summed E-state index contributed by atoms with van der Waals surface area (Å²) in [6.45, 7) is 1.16. The van der Waals surface area contributed by atoms with Crippen LogP contribution < -0.4 is 10.6 Å². The fourth-order valence-corrected chi connectivity index (χ4v) is 2.81. The monoisotopic (exact) mass is 321 g/mol. The van der Waals surface area contributed by atoms with Gasteiger partial charge in [-0.25, -0.2) is 4.98 Å². The number of hydrogen-bond acceptors (Lipinski definition) is 3. The molecule has 8 heteroatoms. The van der Waals surface area contributed by atoms with Crippen molar-refractivity contribution in [3.63, 3.8) is 0 Å². The number of amides is 1. The van der Waals surface area contributed by atoms with E-state index in [1.165, 1.54) is 0 Å². The van der Waals surface area contributed by atoms with Gasteiger partial charge in [0.05, 0.1) is 10.6 Å². The number of anilines is 1. The predicted molar refractivity (Wildman–Crippen MR) is 73.0 cm³/mol. The number of halogens is 4. The van der Waals surface area contributed by atoms with Crippen molar-refractivity contribution in [3.8, 4) is 0 Å². The van der Waals surface area contributed by atoms with Crippen molar-refractivity contribution in [2.45, 2.75) is 25.4 Å². The molecule has 1 aromatic heterocycles. The Morgan fingerprint density at radius 2 is 2.24 bits per heavy atom. The normalized spacial score (nSPS) is 19.6. The zero-order valence-electron chi connectivity index (χ0n) is 11.2. The third-order valence-corrected chi connectivity index (χ3v) is 3.74. The zero-order chi connectivity index (χ0) is 15.6. The number of aromatic nitrogens is 1. The Bertz CT molecular complexity index is 536. The third kappa shape index (κ3) is 4.00. The Hall–Kier alpha value is -1.50. The number of carbonyl (C=O) groups excluding carboxylic acids is 1. The number of primary amides is 1. The second-order valence-electron chi connectivity index (χ2n) is 5.15. The molecule has 0 aromatic carbocycles. The van der Waals surface area contributed by atoms with Gasteiger partial charge in [-0.15, -0.1) is 0 Å². The van der Waals surface area contributed by atoms with Crippen molar-refractivity contribution in [1.29, 1.82) is 0 Å². The summed E-state index contributed by atoms with van der Waals surface area (Å²) in [4.78, 5) is 16.6. The minimum atomic E-state index is -4.47. The lowest BCUT2D eigenvalue weighted by Gasteiger charge is -2.33. The summed E-state index contributed by atoms with van der Waals surface area (Å²) in [7, 11) is 0. The Balaban J connectivity index is 2.16. The largest absolute Gasteiger partial charge is 0.417 e. The average molecular weight is 322 g/mol. The molecule has 2 heterocycles. The van der Waals surface area contributed by atoms with Crippen molar-refractivity contribution in [3.05, 3.63) is 22.8 Å². The highest BCUT2D eigenvalue weighted by molar-refractivity contribution is 6.33. The summed E-state index contributed by atoms with van der Waals surface area (Å²) in [6.07, 6.45) is -1.76. The fourth-order valence-electron chi connectivity index (χ4n) is 2.53. The molecule has 0 bridgehead atoms. The Kier molecular flexibility index (Phi) is 4.61. The summed E-state index contributed by atoms with van der Waals surface area (Å²) in [5.74, 6) is 0.0172. The first-order chi connectivity index (χ1) is 9.77. The van der Waals surface area contributed by atoms with Crippen LogP contribution in [0.25, 0.3) is 0 Å². The molecule has 1 aliphatic rings. The van der Waals surface area contributed by atoms with Crippen molar-refractivity contribution in [1.82, 2.24) is 4.98 Å². The standard InChI is InChI=1S/C13H15ClF3N3O/c14-10-5-9(13(15,16)17)6-19-12(10)20-3-1-2-8(7-20)4-11(18)21/h5-6,8H,1-4,7H2,(H2,18,21). The maximum atomic E-state index is 12.6. The van der Waals surface area contributed by atoms with Crippen LogP contribution in [-0.4, -0.2) is 24.0 Å². The maximum absolute atomic E-state index is 12.6. The molecule has 1 saturated heterocycles. The maximum Gasteiger partial charge on any atom is 0.417 e. The lowest BCUT2D eigenvalue weighted by Crippen LogP contribution is -2.37. The molecule has 0 spiro atoms. The van der Waals surface area contributed by atoms with Gasteiger partial charge in [-0.2, -0.15) is 13.2 Å². The highest BCUT2D eigenvalue weighted by atomic mass is 35.5. The first kappa shape index (κ1) is 15.9. The van der Waals surface area contributed by atoms with Crippen molar-refractivity contribution in [2.24, 2.45) is 11.7 Å². The van der Waals surface area contributed by atoms with Crippen LogP contribution in [0.5, 0.6) is 0 Å². The van der Waals surface area contributed by atoms with E-state index in [0.29, 0.717) is 18.9 Å². The number of hydrogen-bond donors (Lipinski definition) is 1. The van der Waals surface area contributed by atoms with Crippen molar-refractivity contribution >= 4 is 23.3 Å². The molecule has 2 rings (SSSR count). The number of carbonyl (C=O) groups is 1. The SMILES string of the molecule is NC(=O)CC1CCCN(c2ncc(C(F)(F)F)cc2Cl)C1. The van der Waals surface area contributed by atoms with Gasteiger partial charge in [-0.3, -0.25) is 4.79 Å². The molecular weight excluding hydrogens is 307 g/mol. The van der Waals surface area contributed by atoms with E-state index in [4.69, 9.17) is 17.3 Å². The molecule has 21 heavy (non-hydrogen) atoms. The fraction of sp³-hybridized carbons (Fsp3) is 0.538. The van der Waals surface area contributed by atoms with Gasteiger partial charge in [0, 0.05) is 25.7 Å². The second-order valence-corrected chi connectivity index (χ2v) is 5.56. The van der Waals surface area contributed by atoms with Gasteiger partial charge in [0.2, 0.25) is 5.91 Å². The van der Waals surface area contributed by atoms with Crippen LogP contribution in [0.2, 0.25) is 5.02 Å². The van der Waals surface area contributed by atoms with Crippen LogP contribution in [0.15, 0.2) is 12.3 Å². The molecule has 1 fully saturated rings. The van der Waals surface area contributed by atoms with E-state index in [9.17, 15) is 18.0 Å². The van der Waals surface area contributed by atoms with E-state index < -0.39 is 11.7 Å². The summed E-state index contributed by atoms with van der Waals surface area (Å²) >= 11 is 5.93. The molecule has 0 aliphatic carbocycles. The number of nitrogens with two attached hydrogens (primary N) is 1. The number of rotatable bonds is 3. The smallest absolute Gasteiger partial charge is 0.370 e. The summed E-state index contributed by atoms with van der Waals surface area (Å²) in [5.41, 5.74) is 4.31. The van der Waals surface area contributed by atoms with Gasteiger partial charge < -0.3 is 10.6 Å². The van der Waals surface area contributed by atoms with Crippen LogP contribution in [0.4, 0.5) is 19.0 Å². The van der Waals surface area contributed by atoms with Crippen LogP contribution in [0.1, 0.15) is 24.8 Å². The minimum absolute atomic E-state index is 0.0375. The van der Waals surface area contributed by atoms with Crippen molar-refractivity contribution < 1.29 is 18.0 Å². The molecule has 0 saturated carbocycles. The van der Waals surface area contributed by atoms with Crippen LogP contribution in [0, 0.1) is 5.92 Å². The van der Waals surface area contributed by atoms with E-state index in [-0.39, 0.29) is 23.3 Å². The van der Waals surface area contributed by atoms with Gasteiger partial charge in [0.1, 0.15) is 5.82 Å². The van der Waals surface area contributed by atoms with Gasteiger partial charge in [0.15, 0.2) is 0 Å². The highest BCUT2D eigenvalue weighted by Gasteiger charge is 2.32. The lowest BCUT2D eigenvalue weighted by molar-refractivity contribution is -0.137. The van der Waals surface area contributed by atoms with Crippen LogP contribution in [0.3, 0.4) is 0 Å². The zero-order valence-corrected chi connectivity index (χ0v) is 11.9. The van der Waals surface area contributed by atoms with E-state index in [2.05, 4.69) is 4.98 Å². The third-order valence-electron chi connectivity index (χ3n) is 3.46. The molecule has 1 amide bonds. The van der Waals surface area contributed by atoms with Gasteiger partial charge in [-0.1, -0.05) is 11.6 Å². The second kappa shape index (κ2) is 6.09. The number of alkyl halides is 3. The average Bonchev–Trinajstić information content (AvgIpc) is 2.37. The summed E-state index contributed by atoms with van der Waals surface area (Å²) in [5, 5.41) is -0.0375. The minimum Gasteiger partial charge on any atom is -0.370 e. The molecule has 1 aliphatic heterocycles. The highest BCUT2D eigenvalue weighted by Crippen LogP contribution is 2.34. The molecule has 1 atom stereocenters. The Labute approximate surface area is 125 Å². The number of nitrogens with zero attached hydrogens (tertiary/aromatic N) is 2. The molecule has 1 aromatic rings. The van der Waals surface area contributed by atoms with Gasteiger partial charge in [0.25, 0.3) is 0 Å². The number of piperidine rings is 1. The molecule has 0 radical (unpaired) electrons. The van der Waals surface area contributed by atoms with Crippen LogP contribution in [-0.2, 0) is 11.0 Å². The predicted octanol–water partition coefficient (Wildman–Crippen LogP) is 2.85. The summed E-state index contributed by atoms with van der Waals surface area (Å²) in [6, 6.07) is 0.877. The Morgan fingerprint density at radius 3 is 2.81 bits per heavy atom. The molecule has 4 nitrogen and oxygen atoms in total. The van der Waals surface area contributed by atoms with Crippen LogP contribution >= 0.6 is 11.6 Å². The van der Waals surface area contributed by atoms with Gasteiger partial charge in [-0.05, 0) is 24.8 Å². The molecule has 2 N–H and O–H groups in total. The molecule has 116 valence electrons. The quantitative estimate of drug-likeness (QED) is 0.931. The first-order valence-electron chi connectivity index (χ1n) is 6.53. The summed E-state index contributed by atoms with van der Waals surface area (Å²) < 4.78 is 37.8. The first-order valence-corrected chi connectivity index (χ1v) is 6.91. The lowest BCUT2D eigenvalue weighted by atomic mass is 9.94. The van der Waals surface area contributed by atoms with Crippen molar-refractivity contribution in [2.75, 3.05) is 18.0 Å². The molecule has 1 unspecified atom stereocenters. The van der Waals surface area contributed by atoms with E-state index in [0.717, 1.165) is 25.1 Å².